The molecule has 3 saturated heterocycles. The molecule has 4 fully saturated rings. The number of methoxy groups -OCH3 is 1. The number of anilines is 1. The Morgan fingerprint density at radius 2 is 1.66 bits per heavy atom. The molecule has 8 rings (SSSR count). The van der Waals surface area contributed by atoms with Crippen LogP contribution in [0.4, 0.5) is 14.9 Å². The number of amides is 1. The zero-order valence-electron chi connectivity index (χ0n) is 29.6. The second-order valence-corrected chi connectivity index (χ2v) is 14.8. The molecule has 0 unspecified atom stereocenters. The number of carbonyl (C=O) groups is 2. The van der Waals surface area contributed by atoms with Gasteiger partial charge in [-0.1, -0.05) is 53.5 Å². The van der Waals surface area contributed by atoms with Crippen molar-refractivity contribution in [3.8, 4) is 11.5 Å². The molecule has 9 nitrogen and oxygen atoms in total. The number of hydrogen-bond donors (Lipinski definition) is 0. The Bertz CT molecular complexity index is 1900. The highest BCUT2D eigenvalue weighted by Gasteiger charge is 2.38. The first-order valence-corrected chi connectivity index (χ1v) is 18.9. The first-order chi connectivity index (χ1) is 25.7. The van der Waals surface area contributed by atoms with Gasteiger partial charge in [0, 0.05) is 18.5 Å². The van der Waals surface area contributed by atoms with E-state index < -0.39 is 24.0 Å². The summed E-state index contributed by atoms with van der Waals surface area (Å²) in [6.45, 7) is 2.74. The minimum atomic E-state index is -0.783. The van der Waals surface area contributed by atoms with Gasteiger partial charge < -0.3 is 18.9 Å². The van der Waals surface area contributed by atoms with E-state index >= 15 is 4.39 Å². The molecule has 1 aliphatic carbocycles. The van der Waals surface area contributed by atoms with E-state index in [-0.39, 0.29) is 30.9 Å². The fraction of sp³-hybridized carbons (Fsp3) is 0.390. The van der Waals surface area contributed by atoms with Crippen molar-refractivity contribution >= 4 is 41.0 Å². The van der Waals surface area contributed by atoms with Crippen LogP contribution in [0.3, 0.4) is 0 Å². The van der Waals surface area contributed by atoms with Gasteiger partial charge >= 0.3 is 12.1 Å². The molecule has 53 heavy (non-hydrogen) atoms. The first-order valence-electron chi connectivity index (χ1n) is 18.2. The molecule has 4 aromatic rings. The molecular weight excluding hydrogens is 720 g/mol. The van der Waals surface area contributed by atoms with Crippen LogP contribution in [0.1, 0.15) is 71.7 Å². The number of para-hydroxylation sites is 1. The zero-order valence-corrected chi connectivity index (χ0v) is 31.1. The molecule has 2 atom stereocenters. The van der Waals surface area contributed by atoms with Gasteiger partial charge in [0.25, 0.3) is 0 Å². The van der Waals surface area contributed by atoms with Gasteiger partial charge in [-0.25, -0.2) is 19.0 Å². The van der Waals surface area contributed by atoms with Gasteiger partial charge in [0.2, 0.25) is 0 Å². The molecule has 1 N–H and O–H groups in total. The minimum Gasteiger partial charge on any atom is -0.493 e. The van der Waals surface area contributed by atoms with E-state index in [1.807, 2.05) is 12.1 Å². The van der Waals surface area contributed by atoms with Gasteiger partial charge in [-0.15, -0.1) is 0 Å². The summed E-state index contributed by atoms with van der Waals surface area (Å²) in [4.78, 5) is 34.0. The van der Waals surface area contributed by atoms with E-state index in [0.29, 0.717) is 56.3 Å². The lowest BCUT2D eigenvalue weighted by molar-refractivity contribution is -0.377. The summed E-state index contributed by atoms with van der Waals surface area (Å²) in [7, 11) is 1.59. The quantitative estimate of drug-likeness (QED) is 0.134. The van der Waals surface area contributed by atoms with Crippen LogP contribution >= 0.6 is 23.2 Å². The van der Waals surface area contributed by atoms with E-state index in [2.05, 4.69) is 9.88 Å². The minimum absolute atomic E-state index is 0.0382. The van der Waals surface area contributed by atoms with Crippen molar-refractivity contribution in [3.05, 3.63) is 117 Å². The molecule has 4 heterocycles. The lowest BCUT2D eigenvalue weighted by atomic mass is 9.86. The molecule has 12 heteroatoms. The lowest BCUT2D eigenvalue weighted by Crippen LogP contribution is -2.53. The summed E-state index contributed by atoms with van der Waals surface area (Å²) >= 11 is 13.1. The number of piperidine rings is 3. The Kier molecular flexibility index (Phi) is 11.7. The van der Waals surface area contributed by atoms with Gasteiger partial charge in [0.15, 0.2) is 23.9 Å². The Morgan fingerprint density at radius 3 is 2.32 bits per heavy atom. The highest BCUT2D eigenvalue weighted by atomic mass is 35.5. The maximum atomic E-state index is 15.1. The normalized spacial score (nSPS) is 20.1. The summed E-state index contributed by atoms with van der Waals surface area (Å²) in [5.41, 5.74) is 2.39. The number of benzene rings is 3. The Balaban J connectivity index is 1.11. The second kappa shape index (κ2) is 16.7. The van der Waals surface area contributed by atoms with E-state index in [0.717, 1.165) is 51.6 Å². The van der Waals surface area contributed by atoms with E-state index in [1.165, 1.54) is 11.0 Å². The lowest BCUT2D eigenvalue weighted by Gasteiger charge is -2.44. The number of carbonyl (C=O) groups excluding carboxylic acids is 2. The maximum Gasteiger partial charge on any atom is 0.415 e. The molecule has 1 amide bonds. The van der Waals surface area contributed by atoms with Crippen LogP contribution in [0.2, 0.25) is 10.0 Å². The monoisotopic (exact) mass is 762 g/mol. The van der Waals surface area contributed by atoms with Crippen molar-refractivity contribution in [2.45, 2.75) is 69.8 Å². The highest BCUT2D eigenvalue weighted by Crippen LogP contribution is 2.38. The number of esters is 1. The van der Waals surface area contributed by atoms with E-state index in [4.69, 9.17) is 42.1 Å². The van der Waals surface area contributed by atoms with Gasteiger partial charge in [0.05, 0.1) is 31.0 Å². The number of halogens is 3. The number of rotatable bonds is 12. The topological polar surface area (TPSA) is 91.7 Å². The fourth-order valence-corrected chi connectivity index (χ4v) is 8.07. The molecule has 3 aliphatic heterocycles. The Hall–Kier alpha value is -4.38. The van der Waals surface area contributed by atoms with Crippen molar-refractivity contribution < 1.29 is 37.9 Å². The van der Waals surface area contributed by atoms with Crippen LogP contribution in [0, 0.1) is 11.7 Å². The van der Waals surface area contributed by atoms with Gasteiger partial charge in [-0.05, 0) is 105 Å². The average Bonchev–Trinajstić information content (AvgIpc) is 3.69. The maximum absolute atomic E-state index is 15.1. The number of fused-ring (bicyclic) bond motifs is 3. The molecule has 1 aromatic heterocycles. The van der Waals surface area contributed by atoms with Crippen LogP contribution in [-0.4, -0.2) is 55.9 Å². The van der Waals surface area contributed by atoms with Crippen LogP contribution in [0.5, 0.6) is 11.5 Å². The SMILES string of the molecule is COc1ccc([C@@H](Cc2c(Cl)c[nH+]cc2Cl)OC(=O)c2ccc(CN(C(=O)O[C@H]3CN4CCC3CC4)c3ccccc3F)cc2)cc1OC1CCCC1. The number of aromatic nitrogens is 1. The van der Waals surface area contributed by atoms with Gasteiger partial charge in [-0.2, -0.15) is 0 Å². The van der Waals surface area contributed by atoms with Crippen LogP contribution < -0.4 is 19.4 Å². The number of hydrogen-bond acceptors (Lipinski definition) is 7. The first kappa shape index (κ1) is 37.0. The third-order valence-corrected chi connectivity index (χ3v) is 11.2. The molecule has 0 spiro atoms. The predicted octanol–water partition coefficient (Wildman–Crippen LogP) is 8.65. The molecular formula is C41H43Cl2FN3O6+. The summed E-state index contributed by atoms with van der Waals surface area (Å²) in [6.07, 6.45) is 8.02. The van der Waals surface area contributed by atoms with Crippen molar-refractivity contribution in [1.29, 1.82) is 0 Å². The van der Waals surface area contributed by atoms with Gasteiger partial charge in [0.1, 0.15) is 28.1 Å². The smallest absolute Gasteiger partial charge is 0.415 e. The third-order valence-electron chi connectivity index (χ3n) is 10.5. The van der Waals surface area contributed by atoms with E-state index in [1.54, 1.807) is 68.0 Å². The summed E-state index contributed by atoms with van der Waals surface area (Å²) in [6, 6.07) is 18.4. The van der Waals surface area contributed by atoms with E-state index in [9.17, 15) is 9.59 Å². The second-order valence-electron chi connectivity index (χ2n) is 14.0. The highest BCUT2D eigenvalue weighted by molar-refractivity contribution is 6.35. The zero-order chi connectivity index (χ0) is 36.9. The van der Waals surface area contributed by atoms with Crippen molar-refractivity contribution in [2.24, 2.45) is 5.92 Å². The summed E-state index contributed by atoms with van der Waals surface area (Å²) < 4.78 is 39.2. The number of pyridine rings is 1. The Morgan fingerprint density at radius 1 is 0.943 bits per heavy atom. The standard InChI is InChI=1S/C41H42Cl2FN3O6/c1-50-36-15-14-29(20-38(36)51-30-6-2-3-7-30)37(21-31-32(42)22-45-23-33(31)43)52-40(48)28-12-10-26(11-13-28)24-47(35-9-5-4-8-34(35)44)41(49)53-39-25-46-18-16-27(39)17-19-46/h4-5,8-15,20,22-23,27,30,37,39H,2-3,6-7,16-19,21,24-25H2,1H3/p+1/t37-,39+/m1/s1. The Labute approximate surface area is 318 Å². The largest absolute Gasteiger partial charge is 0.493 e. The molecule has 0 radical (unpaired) electrons. The van der Waals surface area contributed by atoms with Crippen molar-refractivity contribution in [3.63, 3.8) is 0 Å². The predicted molar refractivity (Wildman–Crippen MR) is 199 cm³/mol. The van der Waals surface area contributed by atoms with Crippen molar-refractivity contribution in [1.82, 2.24) is 4.90 Å². The number of ether oxygens (including phenoxy) is 4. The number of H-pyrrole nitrogens is 1. The molecule has 2 bridgehead atoms. The number of nitrogens with one attached hydrogen (secondary N) is 1. The van der Waals surface area contributed by atoms with Crippen LogP contribution in [-0.2, 0) is 22.4 Å². The third kappa shape index (κ3) is 8.72. The van der Waals surface area contributed by atoms with Gasteiger partial charge in [-0.3, -0.25) is 9.80 Å². The van der Waals surface area contributed by atoms with Crippen LogP contribution in [0.25, 0.3) is 0 Å². The fourth-order valence-electron chi connectivity index (χ4n) is 7.54. The van der Waals surface area contributed by atoms with Crippen LogP contribution in [0.15, 0.2) is 79.1 Å². The summed E-state index contributed by atoms with van der Waals surface area (Å²) in [5, 5.41) is 0.815. The average molecular weight is 764 g/mol. The molecule has 4 aliphatic rings. The molecule has 3 aromatic carbocycles. The number of aromatic amines is 1. The summed E-state index contributed by atoms with van der Waals surface area (Å²) in [5.74, 6) is 0.364. The molecule has 1 saturated carbocycles. The number of nitrogens with zero attached hydrogens (tertiary/aromatic N) is 2. The van der Waals surface area contributed by atoms with Crippen molar-refractivity contribution in [2.75, 3.05) is 31.6 Å². The molecule has 278 valence electrons.